The van der Waals surface area contributed by atoms with Crippen LogP contribution in [0.25, 0.3) is 11.1 Å². The maximum Gasteiger partial charge on any atom is 0.269 e. The molecule has 0 aromatic heterocycles. The topological polar surface area (TPSA) is 87.7 Å². The lowest BCUT2D eigenvalue weighted by atomic mass is 9.99. The first-order valence-electron chi connectivity index (χ1n) is 11.3. The molecular formula is C26H28FN3O4S. The van der Waals surface area contributed by atoms with E-state index in [1.165, 1.54) is 6.07 Å². The van der Waals surface area contributed by atoms with Gasteiger partial charge in [-0.25, -0.2) is 12.8 Å². The number of nitrogens with one attached hydrogen (secondary N) is 2. The van der Waals surface area contributed by atoms with E-state index in [0.29, 0.717) is 37.2 Å². The molecule has 1 aliphatic rings. The van der Waals surface area contributed by atoms with Crippen molar-refractivity contribution in [3.63, 3.8) is 0 Å². The average molecular weight is 498 g/mol. The Balaban J connectivity index is 1.39. The van der Waals surface area contributed by atoms with Crippen LogP contribution in [0.15, 0.2) is 66.7 Å². The van der Waals surface area contributed by atoms with Gasteiger partial charge in [0.2, 0.25) is 10.0 Å². The molecule has 1 fully saturated rings. The Bertz CT molecular complexity index is 1300. The number of benzene rings is 3. The fourth-order valence-electron chi connectivity index (χ4n) is 4.18. The Hall–Kier alpha value is -3.27. The highest BCUT2D eigenvalue weighted by molar-refractivity contribution is 7.90. The van der Waals surface area contributed by atoms with Crippen molar-refractivity contribution in [3.05, 3.63) is 89.2 Å². The van der Waals surface area contributed by atoms with Crippen LogP contribution in [-0.2, 0) is 16.6 Å². The zero-order chi connectivity index (χ0) is 25.0. The summed E-state index contributed by atoms with van der Waals surface area (Å²) < 4.78 is 45.5. The summed E-state index contributed by atoms with van der Waals surface area (Å²) in [5.41, 5.74) is 4.81. The fraction of sp³-hybridized carbons (Fsp3) is 0.269. The molecule has 0 aliphatic carbocycles. The molecule has 1 unspecified atom stereocenters. The highest BCUT2D eigenvalue weighted by Crippen LogP contribution is 2.25. The second kappa shape index (κ2) is 10.6. The molecule has 4 rings (SSSR count). The van der Waals surface area contributed by atoms with Gasteiger partial charge in [-0.2, -0.15) is 0 Å². The van der Waals surface area contributed by atoms with E-state index >= 15 is 0 Å². The molecule has 184 valence electrons. The van der Waals surface area contributed by atoms with Crippen molar-refractivity contribution in [2.75, 3.05) is 20.2 Å². The van der Waals surface area contributed by atoms with E-state index in [0.717, 1.165) is 16.9 Å². The fourth-order valence-corrected chi connectivity index (χ4v) is 5.41. The van der Waals surface area contributed by atoms with E-state index in [9.17, 15) is 17.6 Å². The van der Waals surface area contributed by atoms with Crippen molar-refractivity contribution in [1.29, 1.82) is 0 Å². The zero-order valence-corrected chi connectivity index (χ0v) is 20.4. The molecule has 1 heterocycles. The van der Waals surface area contributed by atoms with Crippen molar-refractivity contribution in [1.82, 2.24) is 15.2 Å². The maximum absolute atomic E-state index is 14.7. The number of amides is 1. The molecule has 2 N–H and O–H groups in total. The Morgan fingerprint density at radius 3 is 2.49 bits per heavy atom. The van der Waals surface area contributed by atoms with Gasteiger partial charge in [0.15, 0.2) is 0 Å². The average Bonchev–Trinajstić information content (AvgIpc) is 3.35. The standard InChI is InChI=1S/C26H28FN3O4S/c1-18-14-21(20-6-4-3-5-7-20)15-24(25(18)27)26(31)28-29-35(32,33)23-12-13-30(17-23)16-19-8-10-22(34-2)11-9-19/h3-11,14-15,23,29H,12-13,16-17H2,1-2H3,(H,28,31). The molecule has 0 bridgehead atoms. The summed E-state index contributed by atoms with van der Waals surface area (Å²) in [5, 5.41) is -0.691. The number of nitrogens with zero attached hydrogens (tertiary/aromatic N) is 1. The van der Waals surface area contributed by atoms with Gasteiger partial charge in [-0.15, -0.1) is 4.83 Å². The number of carbonyl (C=O) groups is 1. The Morgan fingerprint density at radius 1 is 1.09 bits per heavy atom. The predicted molar refractivity (Wildman–Crippen MR) is 133 cm³/mol. The number of aryl methyl sites for hydroxylation is 1. The lowest BCUT2D eigenvalue weighted by Gasteiger charge is -2.17. The first-order chi connectivity index (χ1) is 16.8. The Morgan fingerprint density at radius 2 is 1.80 bits per heavy atom. The van der Waals surface area contributed by atoms with Crippen LogP contribution < -0.4 is 15.0 Å². The minimum atomic E-state index is -3.85. The van der Waals surface area contributed by atoms with Gasteiger partial charge in [0.25, 0.3) is 5.91 Å². The molecule has 35 heavy (non-hydrogen) atoms. The molecule has 3 aromatic rings. The largest absolute Gasteiger partial charge is 0.497 e. The molecule has 0 saturated carbocycles. The quantitative estimate of drug-likeness (QED) is 0.464. The summed E-state index contributed by atoms with van der Waals surface area (Å²) >= 11 is 0. The van der Waals surface area contributed by atoms with Crippen molar-refractivity contribution < 1.29 is 22.3 Å². The number of carbonyl (C=O) groups excluding carboxylic acids is 1. The molecule has 0 spiro atoms. The second-order valence-corrected chi connectivity index (χ2v) is 10.6. The highest BCUT2D eigenvalue weighted by Gasteiger charge is 2.33. The van der Waals surface area contributed by atoms with Crippen molar-refractivity contribution in [2.24, 2.45) is 0 Å². The number of likely N-dealkylation sites (tertiary alicyclic amines) is 1. The number of hydrazine groups is 1. The van der Waals surface area contributed by atoms with E-state index in [2.05, 4.69) is 10.3 Å². The van der Waals surface area contributed by atoms with Gasteiger partial charge in [-0.3, -0.25) is 15.1 Å². The maximum atomic E-state index is 14.7. The summed E-state index contributed by atoms with van der Waals surface area (Å²) in [6.07, 6.45) is 0.429. The van der Waals surface area contributed by atoms with Gasteiger partial charge in [0.05, 0.1) is 17.9 Å². The zero-order valence-electron chi connectivity index (χ0n) is 19.6. The number of halogens is 1. The van der Waals surface area contributed by atoms with Crippen LogP contribution in [0.4, 0.5) is 4.39 Å². The Labute approximate surface area is 204 Å². The molecule has 9 heteroatoms. The van der Waals surface area contributed by atoms with Crippen molar-refractivity contribution in [2.45, 2.75) is 25.1 Å². The van der Waals surface area contributed by atoms with Gasteiger partial charge in [-0.05, 0) is 66.4 Å². The third kappa shape index (κ3) is 5.87. The normalized spacial score (nSPS) is 16.3. The molecule has 3 aromatic carbocycles. The van der Waals surface area contributed by atoms with Gasteiger partial charge in [-0.1, -0.05) is 42.5 Å². The summed E-state index contributed by atoms with van der Waals surface area (Å²) in [4.78, 5) is 16.9. The number of sulfonamides is 1. The number of methoxy groups -OCH3 is 1. The molecule has 1 atom stereocenters. The van der Waals surface area contributed by atoms with Crippen molar-refractivity contribution >= 4 is 15.9 Å². The third-order valence-electron chi connectivity index (χ3n) is 6.15. The van der Waals surface area contributed by atoms with Crippen molar-refractivity contribution in [3.8, 4) is 16.9 Å². The lowest BCUT2D eigenvalue weighted by Crippen LogP contribution is -2.46. The smallest absolute Gasteiger partial charge is 0.269 e. The SMILES string of the molecule is COc1ccc(CN2CCC(S(=O)(=O)NNC(=O)c3cc(-c4ccccc4)cc(C)c3F)C2)cc1. The summed E-state index contributed by atoms with van der Waals surface area (Å²) in [7, 11) is -2.25. The van der Waals surface area contributed by atoms with Crippen LogP contribution in [0, 0.1) is 12.7 Å². The number of hydrogen-bond acceptors (Lipinski definition) is 5. The number of ether oxygens (including phenoxy) is 1. The van der Waals surface area contributed by atoms with Gasteiger partial charge in [0.1, 0.15) is 11.6 Å². The van der Waals surface area contributed by atoms with Crippen LogP contribution in [0.3, 0.4) is 0 Å². The van der Waals surface area contributed by atoms with Crippen LogP contribution in [0.1, 0.15) is 27.9 Å². The summed E-state index contributed by atoms with van der Waals surface area (Å²) in [6, 6.07) is 20.0. The van der Waals surface area contributed by atoms with E-state index < -0.39 is 27.0 Å². The monoisotopic (exact) mass is 497 g/mol. The Kier molecular flexibility index (Phi) is 7.49. The minimum absolute atomic E-state index is 0.223. The van der Waals surface area contributed by atoms with Crippen LogP contribution in [-0.4, -0.2) is 44.7 Å². The molecule has 1 aliphatic heterocycles. The second-order valence-electron chi connectivity index (χ2n) is 8.62. The summed E-state index contributed by atoms with van der Waals surface area (Å²) in [5.74, 6) is -0.774. The first-order valence-corrected chi connectivity index (χ1v) is 12.8. The van der Waals surface area contributed by atoms with Crippen LogP contribution in [0.5, 0.6) is 5.75 Å². The lowest BCUT2D eigenvalue weighted by molar-refractivity contribution is 0.0940. The third-order valence-corrected chi connectivity index (χ3v) is 7.80. The first kappa shape index (κ1) is 24.8. The molecule has 1 amide bonds. The van der Waals surface area contributed by atoms with E-state index in [1.54, 1.807) is 20.1 Å². The highest BCUT2D eigenvalue weighted by atomic mass is 32.2. The minimum Gasteiger partial charge on any atom is -0.497 e. The van der Waals surface area contributed by atoms with Gasteiger partial charge < -0.3 is 4.74 Å². The predicted octanol–water partition coefficient (Wildman–Crippen LogP) is 3.65. The number of hydrogen-bond donors (Lipinski definition) is 2. The van der Waals surface area contributed by atoms with Crippen LogP contribution in [0.2, 0.25) is 0 Å². The van der Waals surface area contributed by atoms with E-state index in [-0.39, 0.29) is 5.56 Å². The molecule has 1 saturated heterocycles. The van der Waals surface area contributed by atoms with E-state index in [1.807, 2.05) is 59.5 Å². The van der Waals surface area contributed by atoms with Crippen LogP contribution >= 0.6 is 0 Å². The molecular weight excluding hydrogens is 469 g/mol. The van der Waals surface area contributed by atoms with E-state index in [4.69, 9.17) is 4.74 Å². The van der Waals surface area contributed by atoms with Gasteiger partial charge >= 0.3 is 0 Å². The summed E-state index contributed by atoms with van der Waals surface area (Å²) in [6.45, 7) is 3.12. The molecule has 0 radical (unpaired) electrons. The van der Waals surface area contributed by atoms with Gasteiger partial charge in [0, 0.05) is 13.1 Å². The number of rotatable bonds is 8. The molecule has 7 nitrogen and oxygen atoms in total.